The van der Waals surface area contributed by atoms with Crippen LogP contribution in [0.25, 0.3) is 16.7 Å². The lowest BCUT2D eigenvalue weighted by atomic mass is 9.92. The number of hydrogen-bond donors (Lipinski definition) is 1. The molecule has 1 N–H and O–H groups in total. The highest BCUT2D eigenvalue weighted by Gasteiger charge is 2.48. The third-order valence-electron chi connectivity index (χ3n) is 7.28. The highest BCUT2D eigenvalue weighted by Crippen LogP contribution is 2.45. The van der Waals surface area contributed by atoms with E-state index in [9.17, 15) is 14.7 Å². The number of anilines is 1. The quantitative estimate of drug-likeness (QED) is 0.188. The Morgan fingerprint density at radius 3 is 2.32 bits per heavy atom. The van der Waals surface area contributed by atoms with Gasteiger partial charge in [-0.05, 0) is 72.9 Å². The van der Waals surface area contributed by atoms with Crippen molar-refractivity contribution in [1.82, 2.24) is 4.57 Å². The Balaban J connectivity index is 1.81. The first kappa shape index (κ1) is 25.3. The number of aryl methyl sites for hydroxylation is 3. The number of amides is 1. The molecular weight excluding hydrogens is 476 g/mol. The molecule has 1 atom stereocenters. The van der Waals surface area contributed by atoms with Gasteiger partial charge in [-0.25, -0.2) is 0 Å². The van der Waals surface area contributed by atoms with Crippen LogP contribution in [-0.2, 0) is 16.6 Å². The number of aromatic nitrogens is 1. The number of para-hydroxylation sites is 1. The second-order valence-electron chi connectivity index (χ2n) is 10.3. The average molecular weight is 509 g/mol. The fraction of sp³-hybridized carbons (Fsp3) is 0.250. The maximum absolute atomic E-state index is 13.7. The van der Waals surface area contributed by atoms with Crippen LogP contribution < -0.4 is 9.64 Å². The summed E-state index contributed by atoms with van der Waals surface area (Å²) in [6.45, 7) is 8.00. The van der Waals surface area contributed by atoms with Crippen LogP contribution in [0.4, 0.5) is 5.69 Å². The number of carbonyl (C=O) groups excluding carboxylic acids is 2. The van der Waals surface area contributed by atoms with E-state index in [1.54, 1.807) is 19.2 Å². The van der Waals surface area contributed by atoms with E-state index >= 15 is 0 Å². The van der Waals surface area contributed by atoms with Gasteiger partial charge in [-0.15, -0.1) is 0 Å². The van der Waals surface area contributed by atoms with Crippen LogP contribution in [-0.4, -0.2) is 28.5 Å². The lowest BCUT2D eigenvalue weighted by molar-refractivity contribution is -0.132. The normalized spacial score (nSPS) is 17.1. The molecule has 1 aliphatic heterocycles. The van der Waals surface area contributed by atoms with E-state index in [1.807, 2.05) is 94.0 Å². The van der Waals surface area contributed by atoms with Crippen LogP contribution in [0.15, 0.2) is 72.4 Å². The minimum absolute atomic E-state index is 0.0744. The van der Waals surface area contributed by atoms with E-state index in [0.29, 0.717) is 17.0 Å². The third-order valence-corrected chi connectivity index (χ3v) is 7.28. The number of aliphatic hydroxyl groups is 1. The highest BCUT2D eigenvalue weighted by molar-refractivity contribution is 6.52. The van der Waals surface area contributed by atoms with Crippen molar-refractivity contribution in [2.75, 3.05) is 12.0 Å². The number of hydrogen-bond acceptors (Lipinski definition) is 4. The molecule has 0 spiro atoms. The molecule has 38 heavy (non-hydrogen) atoms. The second kappa shape index (κ2) is 9.53. The number of ether oxygens (including phenoxy) is 1. The summed E-state index contributed by atoms with van der Waals surface area (Å²) in [7, 11) is 3.55. The van der Waals surface area contributed by atoms with Crippen LogP contribution in [0.3, 0.4) is 0 Å². The number of carbonyl (C=O) groups is 2. The summed E-state index contributed by atoms with van der Waals surface area (Å²) in [4.78, 5) is 28.9. The molecule has 0 saturated carbocycles. The molecule has 1 saturated heterocycles. The van der Waals surface area contributed by atoms with Crippen LogP contribution in [0.2, 0.25) is 0 Å². The van der Waals surface area contributed by atoms with Gasteiger partial charge in [-0.3, -0.25) is 14.5 Å². The number of fused-ring (bicyclic) bond motifs is 1. The summed E-state index contributed by atoms with van der Waals surface area (Å²) in [5.74, 6) is -0.728. The molecule has 2 heterocycles. The summed E-state index contributed by atoms with van der Waals surface area (Å²) in [5, 5.41) is 12.6. The van der Waals surface area contributed by atoms with Gasteiger partial charge in [0.2, 0.25) is 0 Å². The number of nitrogens with zero attached hydrogens (tertiary/aromatic N) is 2. The van der Waals surface area contributed by atoms with Crippen LogP contribution in [0.5, 0.6) is 5.75 Å². The van der Waals surface area contributed by atoms with Crippen molar-refractivity contribution < 1.29 is 19.4 Å². The van der Waals surface area contributed by atoms with E-state index in [1.165, 1.54) is 4.90 Å². The Labute approximate surface area is 222 Å². The van der Waals surface area contributed by atoms with Crippen molar-refractivity contribution >= 4 is 34.0 Å². The van der Waals surface area contributed by atoms with Crippen molar-refractivity contribution in [3.05, 3.63) is 100 Å². The molecule has 6 nitrogen and oxygen atoms in total. The van der Waals surface area contributed by atoms with Gasteiger partial charge in [0.15, 0.2) is 0 Å². The standard InChI is InChI=1S/C32H32N2O4/c1-18(2)24-16-21(11-12-27(24)38-6)30(35)28-29(25-17-33(5)26-10-8-7-9-23(25)26)34(32(37)31(28)36)22-14-19(3)13-20(4)15-22/h7-18,29,35H,1-6H3/b30-28+. The second-order valence-corrected chi connectivity index (χ2v) is 10.3. The molecule has 1 unspecified atom stereocenters. The van der Waals surface area contributed by atoms with Gasteiger partial charge in [-0.1, -0.05) is 38.1 Å². The number of rotatable bonds is 5. The van der Waals surface area contributed by atoms with Gasteiger partial charge in [0.05, 0.1) is 18.7 Å². The molecule has 0 bridgehead atoms. The SMILES string of the molecule is COc1ccc(/C(O)=C2\C(=O)C(=O)N(c3cc(C)cc(C)c3)C2c2cn(C)c3ccccc23)cc1C(C)C. The summed E-state index contributed by atoms with van der Waals surface area (Å²) >= 11 is 0. The van der Waals surface area contributed by atoms with Gasteiger partial charge in [-0.2, -0.15) is 0 Å². The predicted octanol–water partition coefficient (Wildman–Crippen LogP) is 6.55. The molecule has 5 rings (SSSR count). The van der Waals surface area contributed by atoms with E-state index in [2.05, 4.69) is 0 Å². The molecule has 4 aromatic rings. The Bertz CT molecular complexity index is 1610. The number of aliphatic hydroxyl groups excluding tert-OH is 1. The van der Waals surface area contributed by atoms with Gasteiger partial charge in [0, 0.05) is 41.0 Å². The van der Waals surface area contributed by atoms with Crippen LogP contribution in [0, 0.1) is 13.8 Å². The first-order chi connectivity index (χ1) is 18.1. The highest BCUT2D eigenvalue weighted by atomic mass is 16.5. The third kappa shape index (κ3) is 4.06. The average Bonchev–Trinajstić information content (AvgIpc) is 3.35. The van der Waals surface area contributed by atoms with E-state index in [4.69, 9.17) is 4.74 Å². The number of ketones is 1. The van der Waals surface area contributed by atoms with Gasteiger partial charge in [0.25, 0.3) is 11.7 Å². The number of Topliss-reactive ketones (excluding diaryl/α,β-unsaturated/α-hetero) is 1. The van der Waals surface area contributed by atoms with E-state index < -0.39 is 17.7 Å². The zero-order chi connectivity index (χ0) is 27.3. The Morgan fingerprint density at radius 2 is 1.66 bits per heavy atom. The van der Waals surface area contributed by atoms with Gasteiger partial charge < -0.3 is 14.4 Å². The molecule has 3 aromatic carbocycles. The first-order valence-corrected chi connectivity index (χ1v) is 12.7. The molecule has 1 fully saturated rings. The first-order valence-electron chi connectivity index (χ1n) is 12.7. The molecule has 1 aromatic heterocycles. The zero-order valence-corrected chi connectivity index (χ0v) is 22.6. The number of methoxy groups -OCH3 is 1. The fourth-order valence-electron chi connectivity index (χ4n) is 5.56. The van der Waals surface area contributed by atoms with Crippen molar-refractivity contribution in [3.63, 3.8) is 0 Å². The lowest BCUT2D eigenvalue weighted by Gasteiger charge is -2.26. The van der Waals surface area contributed by atoms with Crippen molar-refractivity contribution in [2.24, 2.45) is 7.05 Å². The number of benzene rings is 3. The maximum Gasteiger partial charge on any atom is 0.300 e. The molecule has 1 amide bonds. The molecule has 1 aliphatic rings. The van der Waals surface area contributed by atoms with Crippen molar-refractivity contribution in [1.29, 1.82) is 0 Å². The lowest BCUT2D eigenvalue weighted by Crippen LogP contribution is -2.29. The van der Waals surface area contributed by atoms with E-state index in [0.717, 1.165) is 33.2 Å². The topological polar surface area (TPSA) is 71.8 Å². The maximum atomic E-state index is 13.7. The summed E-state index contributed by atoms with van der Waals surface area (Å²) in [6, 6.07) is 18.3. The smallest absolute Gasteiger partial charge is 0.300 e. The molecular formula is C32H32N2O4. The van der Waals surface area contributed by atoms with Gasteiger partial charge in [0.1, 0.15) is 11.5 Å². The Hall–Kier alpha value is -4.32. The molecule has 0 aliphatic carbocycles. The van der Waals surface area contributed by atoms with Crippen LogP contribution in [0.1, 0.15) is 53.6 Å². The minimum atomic E-state index is -0.799. The van der Waals surface area contributed by atoms with Crippen molar-refractivity contribution in [2.45, 2.75) is 39.7 Å². The largest absolute Gasteiger partial charge is 0.507 e. The predicted molar refractivity (Wildman–Crippen MR) is 151 cm³/mol. The summed E-state index contributed by atoms with van der Waals surface area (Å²) < 4.78 is 7.50. The monoisotopic (exact) mass is 508 g/mol. The molecule has 194 valence electrons. The Morgan fingerprint density at radius 1 is 0.974 bits per heavy atom. The minimum Gasteiger partial charge on any atom is -0.507 e. The van der Waals surface area contributed by atoms with E-state index in [-0.39, 0.29) is 17.3 Å². The van der Waals surface area contributed by atoms with Gasteiger partial charge >= 0.3 is 0 Å². The Kier molecular flexibility index (Phi) is 6.35. The molecule has 0 radical (unpaired) electrons. The fourth-order valence-corrected chi connectivity index (χ4v) is 5.56. The summed E-state index contributed by atoms with van der Waals surface area (Å²) in [5.41, 5.74) is 5.79. The van der Waals surface area contributed by atoms with Crippen molar-refractivity contribution in [3.8, 4) is 5.75 Å². The molecule has 6 heteroatoms. The zero-order valence-electron chi connectivity index (χ0n) is 22.6. The summed E-state index contributed by atoms with van der Waals surface area (Å²) in [6.07, 6.45) is 1.94. The van der Waals surface area contributed by atoms with Crippen LogP contribution >= 0.6 is 0 Å².